The highest BCUT2D eigenvalue weighted by atomic mass is 79.9. The van der Waals surface area contributed by atoms with Gasteiger partial charge in [-0.3, -0.25) is 0 Å². The predicted molar refractivity (Wildman–Crippen MR) is 79.4 cm³/mol. The Bertz CT molecular complexity index is 482. The number of hydrogen-bond donors (Lipinski definition) is 1. The molecule has 1 aromatic heterocycles. The molecule has 1 atom stereocenters. The van der Waals surface area contributed by atoms with Crippen LogP contribution in [-0.4, -0.2) is 5.11 Å². The highest BCUT2D eigenvalue weighted by molar-refractivity contribution is 9.11. The number of aliphatic hydroxyl groups is 1. The van der Waals surface area contributed by atoms with Crippen LogP contribution in [-0.2, 0) is 6.42 Å². The molecular weight excluding hydrogens is 364 g/mol. The summed E-state index contributed by atoms with van der Waals surface area (Å²) < 4.78 is 1.95. The average Bonchev–Trinajstić information content (AvgIpc) is 2.82. The third-order valence-corrected chi connectivity index (χ3v) is 4.71. The van der Waals surface area contributed by atoms with Crippen LogP contribution in [0, 0.1) is 0 Å². The first kappa shape index (κ1) is 13.3. The van der Waals surface area contributed by atoms with Crippen molar-refractivity contribution in [1.82, 2.24) is 0 Å². The SMILES string of the molecule is OC(CCc1cccs1)c1cc(Br)ccc1Br. The van der Waals surface area contributed by atoms with E-state index in [1.165, 1.54) is 4.88 Å². The third kappa shape index (κ3) is 3.65. The van der Waals surface area contributed by atoms with Gasteiger partial charge < -0.3 is 5.11 Å². The second kappa shape index (κ2) is 6.14. The van der Waals surface area contributed by atoms with Crippen LogP contribution in [0.5, 0.6) is 0 Å². The Kier molecular flexibility index (Phi) is 4.79. The van der Waals surface area contributed by atoms with Crippen molar-refractivity contribution in [3.63, 3.8) is 0 Å². The molecule has 1 heterocycles. The van der Waals surface area contributed by atoms with Crippen LogP contribution < -0.4 is 0 Å². The van der Waals surface area contributed by atoms with Crippen LogP contribution in [0.15, 0.2) is 44.7 Å². The fourth-order valence-electron chi connectivity index (χ4n) is 1.66. The van der Waals surface area contributed by atoms with E-state index in [4.69, 9.17) is 0 Å². The first-order chi connectivity index (χ1) is 8.16. The maximum Gasteiger partial charge on any atom is 0.0804 e. The molecular formula is C13H12Br2OS. The van der Waals surface area contributed by atoms with E-state index >= 15 is 0 Å². The van der Waals surface area contributed by atoms with Crippen LogP contribution in [0.1, 0.15) is 23.0 Å². The molecule has 0 amide bonds. The number of thiophene rings is 1. The van der Waals surface area contributed by atoms with Gasteiger partial charge in [0.05, 0.1) is 6.10 Å². The second-order valence-corrected chi connectivity index (χ2v) is 6.60. The topological polar surface area (TPSA) is 20.2 Å². The average molecular weight is 376 g/mol. The molecule has 0 aliphatic heterocycles. The van der Waals surface area contributed by atoms with Gasteiger partial charge in [0.2, 0.25) is 0 Å². The van der Waals surface area contributed by atoms with Crippen molar-refractivity contribution in [2.75, 3.05) is 0 Å². The zero-order chi connectivity index (χ0) is 12.3. The minimum absolute atomic E-state index is 0.427. The van der Waals surface area contributed by atoms with Gasteiger partial charge in [-0.05, 0) is 48.1 Å². The van der Waals surface area contributed by atoms with Crippen LogP contribution in [0.25, 0.3) is 0 Å². The molecule has 0 bridgehead atoms. The molecule has 0 saturated carbocycles. The molecule has 0 radical (unpaired) electrons. The van der Waals surface area contributed by atoms with E-state index in [0.717, 1.165) is 27.4 Å². The maximum absolute atomic E-state index is 10.2. The molecule has 17 heavy (non-hydrogen) atoms. The maximum atomic E-state index is 10.2. The first-order valence-corrected chi connectivity index (χ1v) is 7.79. The van der Waals surface area contributed by atoms with Crippen molar-refractivity contribution in [2.45, 2.75) is 18.9 Å². The smallest absolute Gasteiger partial charge is 0.0804 e. The summed E-state index contributed by atoms with van der Waals surface area (Å²) in [6, 6.07) is 10.0. The van der Waals surface area contributed by atoms with Crippen molar-refractivity contribution in [3.8, 4) is 0 Å². The Morgan fingerprint density at radius 3 is 2.76 bits per heavy atom. The Hall–Kier alpha value is -0.160. The molecule has 2 aromatic rings. The predicted octanol–water partition coefficient (Wildman–Crippen LogP) is 4.94. The molecule has 1 N–H and O–H groups in total. The van der Waals surface area contributed by atoms with E-state index in [1.54, 1.807) is 11.3 Å². The lowest BCUT2D eigenvalue weighted by atomic mass is 10.0. The number of aryl methyl sites for hydroxylation is 1. The fraction of sp³-hybridized carbons (Fsp3) is 0.231. The van der Waals surface area contributed by atoms with E-state index in [9.17, 15) is 5.11 Å². The number of rotatable bonds is 4. The van der Waals surface area contributed by atoms with E-state index in [-0.39, 0.29) is 0 Å². The normalized spacial score (nSPS) is 12.6. The van der Waals surface area contributed by atoms with E-state index in [2.05, 4.69) is 43.3 Å². The van der Waals surface area contributed by atoms with Gasteiger partial charge in [0, 0.05) is 13.8 Å². The van der Waals surface area contributed by atoms with Crippen molar-refractivity contribution < 1.29 is 5.11 Å². The number of benzene rings is 1. The minimum atomic E-state index is -0.427. The second-order valence-electron chi connectivity index (χ2n) is 3.80. The number of aliphatic hydroxyl groups excluding tert-OH is 1. The van der Waals surface area contributed by atoms with Gasteiger partial charge in [0.25, 0.3) is 0 Å². The zero-order valence-electron chi connectivity index (χ0n) is 9.07. The molecule has 0 aliphatic carbocycles. The molecule has 1 aromatic carbocycles. The standard InChI is InChI=1S/C13H12Br2OS/c14-9-3-5-12(15)11(8-9)13(16)6-4-10-2-1-7-17-10/h1-3,5,7-8,13,16H,4,6H2. The summed E-state index contributed by atoms with van der Waals surface area (Å²) >= 11 is 8.63. The van der Waals surface area contributed by atoms with Gasteiger partial charge in [-0.2, -0.15) is 0 Å². The van der Waals surface area contributed by atoms with Crippen molar-refractivity contribution in [2.24, 2.45) is 0 Å². The molecule has 1 unspecified atom stereocenters. The van der Waals surface area contributed by atoms with E-state index in [0.29, 0.717) is 0 Å². The Morgan fingerprint density at radius 2 is 2.06 bits per heavy atom. The lowest BCUT2D eigenvalue weighted by molar-refractivity contribution is 0.167. The number of halogens is 2. The molecule has 0 fully saturated rings. The van der Waals surface area contributed by atoms with E-state index < -0.39 is 6.10 Å². The van der Waals surface area contributed by atoms with Crippen molar-refractivity contribution in [3.05, 3.63) is 55.1 Å². The van der Waals surface area contributed by atoms with Crippen LogP contribution >= 0.6 is 43.2 Å². The van der Waals surface area contributed by atoms with Crippen molar-refractivity contribution in [1.29, 1.82) is 0 Å². The molecule has 2 rings (SSSR count). The van der Waals surface area contributed by atoms with Crippen LogP contribution in [0.2, 0.25) is 0 Å². The summed E-state index contributed by atoms with van der Waals surface area (Å²) in [5, 5.41) is 12.2. The van der Waals surface area contributed by atoms with Gasteiger partial charge in [-0.15, -0.1) is 11.3 Å². The third-order valence-electron chi connectivity index (χ3n) is 2.56. The Morgan fingerprint density at radius 1 is 1.24 bits per heavy atom. The van der Waals surface area contributed by atoms with E-state index in [1.807, 2.05) is 24.3 Å². The minimum Gasteiger partial charge on any atom is -0.388 e. The molecule has 90 valence electrons. The highest BCUT2D eigenvalue weighted by Gasteiger charge is 2.12. The summed E-state index contributed by atoms with van der Waals surface area (Å²) in [6.07, 6.45) is 1.23. The summed E-state index contributed by atoms with van der Waals surface area (Å²) in [5.41, 5.74) is 0.941. The Balaban J connectivity index is 2.04. The quantitative estimate of drug-likeness (QED) is 0.802. The van der Waals surface area contributed by atoms with Gasteiger partial charge in [0.1, 0.15) is 0 Å². The summed E-state index contributed by atoms with van der Waals surface area (Å²) in [6.45, 7) is 0. The molecule has 0 aliphatic rings. The van der Waals surface area contributed by atoms with Gasteiger partial charge >= 0.3 is 0 Å². The lowest BCUT2D eigenvalue weighted by Gasteiger charge is -2.12. The van der Waals surface area contributed by atoms with Gasteiger partial charge in [0.15, 0.2) is 0 Å². The summed E-state index contributed by atoms with van der Waals surface area (Å²) in [5.74, 6) is 0. The monoisotopic (exact) mass is 374 g/mol. The van der Waals surface area contributed by atoms with Gasteiger partial charge in [-0.1, -0.05) is 37.9 Å². The van der Waals surface area contributed by atoms with Crippen molar-refractivity contribution >= 4 is 43.2 Å². The fourth-order valence-corrected chi connectivity index (χ4v) is 3.27. The van der Waals surface area contributed by atoms with Crippen LogP contribution in [0.4, 0.5) is 0 Å². The highest BCUT2D eigenvalue weighted by Crippen LogP contribution is 2.29. The summed E-state index contributed by atoms with van der Waals surface area (Å²) in [7, 11) is 0. The Labute approximate surface area is 122 Å². The van der Waals surface area contributed by atoms with Gasteiger partial charge in [-0.25, -0.2) is 0 Å². The largest absolute Gasteiger partial charge is 0.388 e. The number of hydrogen-bond acceptors (Lipinski definition) is 2. The molecule has 1 nitrogen and oxygen atoms in total. The van der Waals surface area contributed by atoms with Crippen LogP contribution in [0.3, 0.4) is 0 Å². The molecule has 4 heteroatoms. The zero-order valence-corrected chi connectivity index (χ0v) is 13.1. The first-order valence-electron chi connectivity index (χ1n) is 5.32. The summed E-state index contributed by atoms with van der Waals surface area (Å²) in [4.78, 5) is 1.31. The lowest BCUT2D eigenvalue weighted by Crippen LogP contribution is -2.00. The molecule has 0 spiro atoms. The molecule has 0 saturated heterocycles.